The Kier molecular flexibility index (Phi) is 2.94. The van der Waals surface area contributed by atoms with E-state index in [4.69, 9.17) is 16.7 Å². The van der Waals surface area contributed by atoms with Gasteiger partial charge in [0.25, 0.3) is 0 Å². The molecule has 0 aliphatic heterocycles. The normalized spacial score (nSPS) is 10.8. The van der Waals surface area contributed by atoms with Crippen LogP contribution in [0.5, 0.6) is 0 Å². The maximum atomic E-state index is 13.5. The van der Waals surface area contributed by atoms with Crippen LogP contribution in [-0.2, 0) is 13.7 Å². The second-order valence-corrected chi connectivity index (χ2v) is 3.73. The predicted molar refractivity (Wildman–Crippen MR) is 59.5 cm³/mol. The minimum absolute atomic E-state index is 0.263. The average molecular weight is 241 g/mol. The van der Waals surface area contributed by atoms with Crippen LogP contribution in [-0.4, -0.2) is 14.7 Å². The average Bonchev–Trinajstić information content (AvgIpc) is 2.57. The second-order valence-electron chi connectivity index (χ2n) is 3.37. The van der Waals surface area contributed by atoms with E-state index >= 15 is 0 Å². The molecule has 0 saturated carbocycles. The van der Waals surface area contributed by atoms with Gasteiger partial charge in [0.15, 0.2) is 0 Å². The number of halogens is 2. The van der Waals surface area contributed by atoms with E-state index < -0.39 is 0 Å². The van der Waals surface area contributed by atoms with Gasteiger partial charge in [0.05, 0.1) is 12.2 Å². The van der Waals surface area contributed by atoms with Gasteiger partial charge in [0, 0.05) is 7.05 Å². The molecule has 0 saturated heterocycles. The zero-order chi connectivity index (χ0) is 11.7. The Morgan fingerprint density at radius 2 is 2.12 bits per heavy atom. The lowest BCUT2D eigenvalue weighted by atomic mass is 10.2. The highest BCUT2D eigenvalue weighted by Crippen LogP contribution is 2.26. The molecule has 0 fully saturated rings. The van der Waals surface area contributed by atoms with Crippen LogP contribution < -0.4 is 0 Å². The van der Waals surface area contributed by atoms with E-state index in [2.05, 4.69) is 4.98 Å². The molecule has 0 radical (unpaired) electrons. The van der Waals surface area contributed by atoms with Crippen LogP contribution in [0.4, 0.5) is 4.39 Å². The predicted octanol–water partition coefficient (Wildman–Crippen LogP) is 2.37. The minimum Gasteiger partial charge on any atom is -0.390 e. The van der Waals surface area contributed by atoms with Gasteiger partial charge in [-0.15, -0.1) is 0 Å². The molecule has 5 heteroatoms. The van der Waals surface area contributed by atoms with Crippen LogP contribution >= 0.6 is 11.6 Å². The van der Waals surface area contributed by atoms with Crippen LogP contribution in [0.15, 0.2) is 24.3 Å². The summed E-state index contributed by atoms with van der Waals surface area (Å²) in [5.74, 6) is 0.0453. The number of nitrogens with zero attached hydrogens (tertiary/aromatic N) is 2. The summed E-state index contributed by atoms with van der Waals surface area (Å²) in [5.41, 5.74) is 0.717. The molecule has 0 aliphatic carbocycles. The first-order valence-corrected chi connectivity index (χ1v) is 5.09. The number of aromatic nitrogens is 2. The molecule has 1 heterocycles. The smallest absolute Gasteiger partial charge is 0.144 e. The molecule has 0 bridgehead atoms. The third-order valence-corrected chi connectivity index (χ3v) is 2.83. The van der Waals surface area contributed by atoms with Crippen molar-refractivity contribution < 1.29 is 9.50 Å². The molecule has 0 unspecified atom stereocenters. The molecule has 0 atom stereocenters. The number of rotatable bonds is 2. The molecule has 16 heavy (non-hydrogen) atoms. The van der Waals surface area contributed by atoms with Gasteiger partial charge in [-0.25, -0.2) is 9.37 Å². The molecule has 2 rings (SSSR count). The van der Waals surface area contributed by atoms with Crippen LogP contribution in [0, 0.1) is 5.82 Å². The lowest BCUT2D eigenvalue weighted by Gasteiger charge is -2.02. The molecule has 1 N–H and O–H groups in total. The Morgan fingerprint density at radius 3 is 2.69 bits per heavy atom. The van der Waals surface area contributed by atoms with Crippen molar-refractivity contribution in [2.75, 3.05) is 0 Å². The van der Waals surface area contributed by atoms with Crippen molar-refractivity contribution in [3.05, 3.63) is 40.9 Å². The van der Waals surface area contributed by atoms with Gasteiger partial charge in [-0.3, -0.25) is 0 Å². The minimum atomic E-state index is -0.364. The molecule has 0 spiro atoms. The van der Waals surface area contributed by atoms with E-state index in [0.717, 1.165) is 0 Å². The number of imidazole rings is 1. The van der Waals surface area contributed by atoms with Crippen molar-refractivity contribution in [2.24, 2.45) is 7.05 Å². The monoisotopic (exact) mass is 240 g/mol. The van der Waals surface area contributed by atoms with E-state index in [1.54, 1.807) is 29.8 Å². The van der Waals surface area contributed by atoms with E-state index in [0.29, 0.717) is 22.2 Å². The highest BCUT2D eigenvalue weighted by Gasteiger charge is 2.15. The number of benzene rings is 1. The summed E-state index contributed by atoms with van der Waals surface area (Å²) in [7, 11) is 1.68. The number of aliphatic hydroxyl groups is 1. The molecule has 3 nitrogen and oxygen atoms in total. The molecule has 0 amide bonds. The van der Waals surface area contributed by atoms with Gasteiger partial charge in [-0.2, -0.15) is 0 Å². The maximum absolute atomic E-state index is 13.5. The van der Waals surface area contributed by atoms with Crippen molar-refractivity contribution in [3.63, 3.8) is 0 Å². The zero-order valence-corrected chi connectivity index (χ0v) is 9.37. The van der Waals surface area contributed by atoms with Crippen molar-refractivity contribution in [3.8, 4) is 11.4 Å². The summed E-state index contributed by atoms with van der Waals surface area (Å²) >= 11 is 5.93. The Morgan fingerprint density at radius 1 is 1.44 bits per heavy atom. The second kappa shape index (κ2) is 4.23. The van der Waals surface area contributed by atoms with Crippen molar-refractivity contribution in [2.45, 2.75) is 6.61 Å². The van der Waals surface area contributed by atoms with Crippen molar-refractivity contribution in [1.82, 2.24) is 9.55 Å². The third-order valence-electron chi connectivity index (χ3n) is 2.36. The van der Waals surface area contributed by atoms with Crippen molar-refractivity contribution >= 4 is 11.6 Å². The standard InChI is InChI=1S/C11H10ClFN2O/c1-15-10(12)9(6-16)14-11(15)7-4-2-3-5-8(7)13/h2-5,16H,6H2,1H3. The van der Waals surface area contributed by atoms with E-state index in [-0.39, 0.29) is 12.4 Å². The van der Waals surface area contributed by atoms with Gasteiger partial charge in [0.1, 0.15) is 22.5 Å². The number of hydrogen-bond acceptors (Lipinski definition) is 2. The fourth-order valence-electron chi connectivity index (χ4n) is 1.52. The first-order valence-electron chi connectivity index (χ1n) is 4.72. The summed E-state index contributed by atoms with van der Waals surface area (Å²) in [6.45, 7) is -0.263. The fraction of sp³-hybridized carbons (Fsp3) is 0.182. The van der Waals surface area contributed by atoms with Gasteiger partial charge in [-0.1, -0.05) is 23.7 Å². The number of aliphatic hydroxyl groups excluding tert-OH is 1. The molecule has 1 aromatic heterocycles. The van der Waals surface area contributed by atoms with Gasteiger partial charge in [0.2, 0.25) is 0 Å². The van der Waals surface area contributed by atoms with Crippen molar-refractivity contribution in [1.29, 1.82) is 0 Å². The molecular weight excluding hydrogens is 231 g/mol. The Bertz CT molecular complexity index is 525. The van der Waals surface area contributed by atoms with Gasteiger partial charge in [-0.05, 0) is 12.1 Å². The first-order chi connectivity index (χ1) is 7.65. The Balaban J connectivity index is 2.61. The highest BCUT2D eigenvalue weighted by atomic mass is 35.5. The molecule has 1 aromatic carbocycles. The van der Waals surface area contributed by atoms with Crippen LogP contribution in [0.3, 0.4) is 0 Å². The van der Waals surface area contributed by atoms with E-state index in [1.165, 1.54) is 6.07 Å². The largest absolute Gasteiger partial charge is 0.390 e. The Hall–Kier alpha value is -1.39. The summed E-state index contributed by atoms with van der Waals surface area (Å²) in [5, 5.41) is 9.34. The van der Waals surface area contributed by atoms with E-state index in [9.17, 15) is 4.39 Å². The quantitative estimate of drug-likeness (QED) is 0.875. The fourth-order valence-corrected chi connectivity index (χ4v) is 1.70. The van der Waals surface area contributed by atoms with E-state index in [1.807, 2.05) is 0 Å². The van der Waals surface area contributed by atoms with Gasteiger partial charge >= 0.3 is 0 Å². The highest BCUT2D eigenvalue weighted by molar-refractivity contribution is 6.30. The number of hydrogen-bond donors (Lipinski definition) is 1. The summed E-state index contributed by atoms with van der Waals surface area (Å²) in [6.07, 6.45) is 0. The topological polar surface area (TPSA) is 38.0 Å². The third kappa shape index (κ3) is 1.70. The lowest BCUT2D eigenvalue weighted by Crippen LogP contribution is -1.94. The lowest BCUT2D eigenvalue weighted by molar-refractivity contribution is 0.277. The molecular formula is C11H10ClFN2O. The summed E-state index contributed by atoms with van der Waals surface area (Å²) < 4.78 is 15.1. The summed E-state index contributed by atoms with van der Waals surface area (Å²) in [6, 6.07) is 6.31. The molecule has 0 aliphatic rings. The summed E-state index contributed by atoms with van der Waals surface area (Å²) in [4.78, 5) is 4.10. The first kappa shape index (κ1) is 11.1. The van der Waals surface area contributed by atoms with Crippen LogP contribution in [0.25, 0.3) is 11.4 Å². The maximum Gasteiger partial charge on any atom is 0.144 e. The molecule has 2 aromatic rings. The zero-order valence-electron chi connectivity index (χ0n) is 8.61. The van der Waals surface area contributed by atoms with Gasteiger partial charge < -0.3 is 9.67 Å². The molecule has 84 valence electrons. The van der Waals surface area contributed by atoms with Crippen LogP contribution in [0.1, 0.15) is 5.69 Å². The Labute approximate surface area is 97.1 Å². The SMILES string of the molecule is Cn1c(-c2ccccc2F)nc(CO)c1Cl. The van der Waals surface area contributed by atoms with Crippen LogP contribution in [0.2, 0.25) is 5.15 Å².